The fourth-order valence-electron chi connectivity index (χ4n) is 3.79. The number of likely N-dealkylation sites (tertiary alicyclic amines) is 1. The smallest absolute Gasteiger partial charge is 0.166 e. The average Bonchev–Trinajstić information content (AvgIpc) is 2.96. The summed E-state index contributed by atoms with van der Waals surface area (Å²) in [7, 11) is 2.07. The highest BCUT2D eigenvalue weighted by molar-refractivity contribution is 5.90. The first-order valence-electron chi connectivity index (χ1n) is 7.85. The second kappa shape index (κ2) is 5.19. The van der Waals surface area contributed by atoms with E-state index in [-0.39, 0.29) is 12.1 Å². The SMILES string of the molecule is CN1CC(O)C1CN1CCc2ccc3[nH]c(C=O)cc3c2C1. The predicted octanol–water partition coefficient (Wildman–Crippen LogP) is 1.01. The number of carbonyl (C=O) groups is 1. The van der Waals surface area contributed by atoms with Crippen molar-refractivity contribution in [1.82, 2.24) is 14.8 Å². The topological polar surface area (TPSA) is 59.6 Å². The summed E-state index contributed by atoms with van der Waals surface area (Å²) in [5.74, 6) is 0. The molecule has 5 nitrogen and oxygen atoms in total. The van der Waals surface area contributed by atoms with E-state index in [9.17, 15) is 9.90 Å². The summed E-state index contributed by atoms with van der Waals surface area (Å²) in [5, 5.41) is 11.1. The molecule has 1 saturated heterocycles. The van der Waals surface area contributed by atoms with Crippen LogP contribution in [0, 0.1) is 0 Å². The Bertz CT molecular complexity index is 716. The Hall–Kier alpha value is -1.69. The van der Waals surface area contributed by atoms with Gasteiger partial charge in [-0.05, 0) is 36.7 Å². The molecule has 3 heterocycles. The van der Waals surface area contributed by atoms with Gasteiger partial charge in [-0.15, -0.1) is 0 Å². The lowest BCUT2D eigenvalue weighted by Crippen LogP contribution is -2.62. The molecule has 2 aliphatic heterocycles. The first-order valence-corrected chi connectivity index (χ1v) is 7.85. The molecule has 1 aromatic heterocycles. The van der Waals surface area contributed by atoms with Crippen LogP contribution in [0.5, 0.6) is 0 Å². The largest absolute Gasteiger partial charge is 0.390 e. The minimum Gasteiger partial charge on any atom is -0.390 e. The maximum absolute atomic E-state index is 11.0. The number of benzene rings is 1. The number of nitrogens with zero attached hydrogens (tertiary/aromatic N) is 2. The van der Waals surface area contributed by atoms with E-state index >= 15 is 0 Å². The van der Waals surface area contributed by atoms with E-state index in [0.717, 1.165) is 49.8 Å². The van der Waals surface area contributed by atoms with Gasteiger partial charge in [0.1, 0.15) is 0 Å². The zero-order valence-corrected chi connectivity index (χ0v) is 12.7. The molecule has 116 valence electrons. The number of rotatable bonds is 3. The lowest BCUT2D eigenvalue weighted by Gasteiger charge is -2.46. The highest BCUT2D eigenvalue weighted by Gasteiger charge is 2.36. The number of H-pyrrole nitrogens is 1. The van der Waals surface area contributed by atoms with E-state index in [1.807, 2.05) is 6.07 Å². The van der Waals surface area contributed by atoms with E-state index < -0.39 is 0 Å². The van der Waals surface area contributed by atoms with Crippen LogP contribution in [0.3, 0.4) is 0 Å². The summed E-state index contributed by atoms with van der Waals surface area (Å²) < 4.78 is 0. The molecule has 0 bridgehead atoms. The summed E-state index contributed by atoms with van der Waals surface area (Å²) in [4.78, 5) is 18.8. The number of fused-ring (bicyclic) bond motifs is 3. The third kappa shape index (κ3) is 2.17. The molecule has 0 aliphatic carbocycles. The molecule has 22 heavy (non-hydrogen) atoms. The number of hydrogen-bond donors (Lipinski definition) is 2. The van der Waals surface area contributed by atoms with E-state index in [2.05, 4.69) is 34.0 Å². The van der Waals surface area contributed by atoms with Crippen LogP contribution < -0.4 is 0 Å². The number of aliphatic hydroxyl groups excluding tert-OH is 1. The van der Waals surface area contributed by atoms with Gasteiger partial charge < -0.3 is 10.1 Å². The highest BCUT2D eigenvalue weighted by atomic mass is 16.3. The first-order chi connectivity index (χ1) is 10.7. The van der Waals surface area contributed by atoms with Crippen LogP contribution in [0.1, 0.15) is 21.6 Å². The van der Waals surface area contributed by atoms with Crippen molar-refractivity contribution >= 4 is 17.2 Å². The van der Waals surface area contributed by atoms with E-state index in [1.165, 1.54) is 11.1 Å². The molecule has 0 radical (unpaired) electrons. The fraction of sp³-hybridized carbons (Fsp3) is 0.471. The minimum absolute atomic E-state index is 0.198. The first kappa shape index (κ1) is 13.9. The van der Waals surface area contributed by atoms with Gasteiger partial charge in [-0.2, -0.15) is 0 Å². The number of nitrogens with one attached hydrogen (secondary N) is 1. The van der Waals surface area contributed by atoms with Gasteiger partial charge in [0.05, 0.1) is 11.8 Å². The van der Waals surface area contributed by atoms with E-state index in [4.69, 9.17) is 0 Å². The zero-order chi connectivity index (χ0) is 15.3. The van der Waals surface area contributed by atoms with Crippen molar-refractivity contribution in [2.45, 2.75) is 25.1 Å². The molecule has 4 rings (SSSR count). The Labute approximate surface area is 129 Å². The molecule has 0 spiro atoms. The van der Waals surface area contributed by atoms with Gasteiger partial charge in [0.25, 0.3) is 0 Å². The number of carbonyl (C=O) groups excluding carboxylic acids is 1. The Morgan fingerprint density at radius 3 is 3.05 bits per heavy atom. The summed E-state index contributed by atoms with van der Waals surface area (Å²) in [6.07, 6.45) is 1.70. The molecule has 1 aromatic carbocycles. The van der Waals surface area contributed by atoms with Crippen LogP contribution in [0.4, 0.5) is 0 Å². The second-order valence-corrected chi connectivity index (χ2v) is 6.57. The van der Waals surface area contributed by atoms with Crippen LogP contribution in [0.25, 0.3) is 10.9 Å². The molecule has 5 heteroatoms. The lowest BCUT2D eigenvalue weighted by atomic mass is 9.94. The normalized spacial score (nSPS) is 25.9. The number of aldehydes is 1. The number of aliphatic hydroxyl groups is 1. The van der Waals surface area contributed by atoms with Gasteiger partial charge in [-0.25, -0.2) is 0 Å². The number of aromatic nitrogens is 1. The van der Waals surface area contributed by atoms with Crippen molar-refractivity contribution < 1.29 is 9.90 Å². The quantitative estimate of drug-likeness (QED) is 0.831. The summed E-state index contributed by atoms with van der Waals surface area (Å²) in [6.45, 7) is 3.60. The molecule has 0 saturated carbocycles. The van der Waals surface area contributed by atoms with E-state index in [1.54, 1.807) is 0 Å². The zero-order valence-electron chi connectivity index (χ0n) is 12.7. The molecular weight excluding hydrogens is 278 g/mol. The van der Waals surface area contributed by atoms with Gasteiger partial charge in [0, 0.05) is 43.1 Å². The van der Waals surface area contributed by atoms with Crippen molar-refractivity contribution in [3.05, 3.63) is 35.0 Å². The molecule has 2 unspecified atom stereocenters. The Kier molecular flexibility index (Phi) is 3.29. The van der Waals surface area contributed by atoms with Gasteiger partial charge in [0.2, 0.25) is 0 Å². The molecule has 2 N–H and O–H groups in total. The van der Waals surface area contributed by atoms with Crippen LogP contribution in [-0.2, 0) is 13.0 Å². The monoisotopic (exact) mass is 299 g/mol. The maximum Gasteiger partial charge on any atom is 0.166 e. The average molecular weight is 299 g/mol. The van der Waals surface area contributed by atoms with Crippen LogP contribution >= 0.6 is 0 Å². The predicted molar refractivity (Wildman–Crippen MR) is 85.1 cm³/mol. The number of aromatic amines is 1. The highest BCUT2D eigenvalue weighted by Crippen LogP contribution is 2.29. The van der Waals surface area contributed by atoms with Crippen molar-refractivity contribution in [2.75, 3.05) is 26.7 Å². The summed E-state index contributed by atoms with van der Waals surface area (Å²) in [6, 6.07) is 6.44. The lowest BCUT2D eigenvalue weighted by molar-refractivity contribution is -0.0599. The van der Waals surface area contributed by atoms with Crippen molar-refractivity contribution in [3.63, 3.8) is 0 Å². The van der Waals surface area contributed by atoms with Crippen molar-refractivity contribution in [3.8, 4) is 0 Å². The van der Waals surface area contributed by atoms with Gasteiger partial charge in [-0.3, -0.25) is 14.6 Å². The summed E-state index contributed by atoms with van der Waals surface area (Å²) in [5.41, 5.74) is 4.37. The van der Waals surface area contributed by atoms with Gasteiger partial charge >= 0.3 is 0 Å². The second-order valence-electron chi connectivity index (χ2n) is 6.57. The van der Waals surface area contributed by atoms with Gasteiger partial charge in [-0.1, -0.05) is 6.07 Å². The molecule has 2 aliphatic rings. The molecule has 1 fully saturated rings. The van der Waals surface area contributed by atoms with Crippen LogP contribution in [-0.4, -0.2) is 65.0 Å². The van der Waals surface area contributed by atoms with Crippen molar-refractivity contribution in [2.24, 2.45) is 0 Å². The number of likely N-dealkylation sites (N-methyl/N-ethyl adjacent to an activating group) is 1. The van der Waals surface area contributed by atoms with Gasteiger partial charge in [0.15, 0.2) is 6.29 Å². The number of hydrogen-bond acceptors (Lipinski definition) is 4. The molecule has 0 amide bonds. The van der Waals surface area contributed by atoms with E-state index in [0.29, 0.717) is 5.69 Å². The van der Waals surface area contributed by atoms with Crippen LogP contribution in [0.2, 0.25) is 0 Å². The maximum atomic E-state index is 11.0. The standard InChI is InChI=1S/C17H21N3O2/c1-19-9-17(22)16(19)8-20-5-4-11-2-3-15-13(14(11)7-20)6-12(10-21)18-15/h2-3,6,10,16-18,22H,4-5,7-9H2,1H3. The fourth-order valence-corrected chi connectivity index (χ4v) is 3.79. The molecule has 2 atom stereocenters. The Balaban J connectivity index is 1.61. The minimum atomic E-state index is -0.198. The third-order valence-corrected chi connectivity index (χ3v) is 5.17. The molecular formula is C17H21N3O2. The van der Waals surface area contributed by atoms with Crippen molar-refractivity contribution in [1.29, 1.82) is 0 Å². The molecule has 2 aromatic rings. The third-order valence-electron chi connectivity index (χ3n) is 5.17. The van der Waals surface area contributed by atoms with Crippen LogP contribution in [0.15, 0.2) is 18.2 Å². The Morgan fingerprint density at radius 2 is 2.32 bits per heavy atom. The summed E-state index contributed by atoms with van der Waals surface area (Å²) >= 11 is 0. The Morgan fingerprint density at radius 1 is 1.45 bits per heavy atom. The number of β-amino-alcohol motifs (C(OH)–C–C–N with tert-alkyl or cyclic N) is 1.